The molecule has 7 heteroatoms. The zero-order chi connectivity index (χ0) is 16.8. The molecule has 1 heterocycles. The van der Waals surface area contributed by atoms with Crippen LogP contribution in [-0.2, 0) is 4.74 Å². The molecule has 7 nitrogen and oxygen atoms in total. The lowest BCUT2D eigenvalue weighted by Crippen LogP contribution is -2.32. The molecule has 0 bridgehead atoms. The number of aromatic amines is 1. The minimum atomic E-state index is -0.615. The van der Waals surface area contributed by atoms with Gasteiger partial charge >= 0.3 is 6.09 Å². The standard InChI is InChI=1S/C16H22N4O3/c1-4-9-20(10-5-2)14(21)11-7-6-8-12-13(11)18-15(17-12)19-16(22)23-3/h6-8H,4-5,9-10H2,1-3H3,(H2,17,18,19,22). The molecule has 2 N–H and O–H groups in total. The molecule has 0 unspecified atom stereocenters. The first-order valence-electron chi connectivity index (χ1n) is 7.73. The van der Waals surface area contributed by atoms with Crippen molar-refractivity contribution in [3.8, 4) is 0 Å². The maximum absolute atomic E-state index is 12.8. The number of rotatable bonds is 6. The molecule has 0 fully saturated rings. The number of carbonyl (C=O) groups is 2. The number of nitrogens with zero attached hydrogens (tertiary/aromatic N) is 2. The van der Waals surface area contributed by atoms with Gasteiger partial charge in [-0.25, -0.2) is 9.78 Å². The number of para-hydroxylation sites is 1. The number of ether oxygens (including phenoxy) is 1. The number of benzene rings is 1. The normalized spacial score (nSPS) is 10.6. The van der Waals surface area contributed by atoms with E-state index in [1.54, 1.807) is 12.1 Å². The van der Waals surface area contributed by atoms with Crippen LogP contribution in [0.4, 0.5) is 10.7 Å². The average Bonchev–Trinajstić information content (AvgIpc) is 2.96. The topological polar surface area (TPSA) is 87.3 Å². The van der Waals surface area contributed by atoms with E-state index in [9.17, 15) is 9.59 Å². The van der Waals surface area contributed by atoms with E-state index in [-0.39, 0.29) is 11.9 Å². The highest BCUT2D eigenvalue weighted by atomic mass is 16.5. The molecule has 2 aromatic rings. The second kappa shape index (κ2) is 7.62. The summed E-state index contributed by atoms with van der Waals surface area (Å²) in [5, 5.41) is 2.47. The van der Waals surface area contributed by atoms with Gasteiger partial charge in [0.1, 0.15) is 5.52 Å². The molecule has 0 aliphatic carbocycles. The first-order valence-corrected chi connectivity index (χ1v) is 7.73. The Morgan fingerprint density at radius 2 is 1.96 bits per heavy atom. The van der Waals surface area contributed by atoms with Crippen molar-refractivity contribution in [3.05, 3.63) is 23.8 Å². The number of imidazole rings is 1. The third kappa shape index (κ3) is 3.80. The Balaban J connectivity index is 2.36. The summed E-state index contributed by atoms with van der Waals surface area (Å²) in [4.78, 5) is 33.2. The van der Waals surface area contributed by atoms with E-state index >= 15 is 0 Å². The van der Waals surface area contributed by atoms with E-state index in [4.69, 9.17) is 0 Å². The van der Waals surface area contributed by atoms with Gasteiger partial charge in [0.15, 0.2) is 0 Å². The molecule has 0 saturated carbocycles. The van der Waals surface area contributed by atoms with Crippen LogP contribution >= 0.6 is 0 Å². The van der Waals surface area contributed by atoms with Crippen LogP contribution in [0.1, 0.15) is 37.0 Å². The predicted octanol–water partition coefficient (Wildman–Crippen LogP) is 3.00. The Morgan fingerprint density at radius 1 is 1.26 bits per heavy atom. The summed E-state index contributed by atoms with van der Waals surface area (Å²) >= 11 is 0. The molecule has 0 atom stereocenters. The second-order valence-electron chi connectivity index (χ2n) is 5.20. The number of aromatic nitrogens is 2. The number of hydrogen-bond acceptors (Lipinski definition) is 4. The van der Waals surface area contributed by atoms with E-state index in [1.807, 2.05) is 24.8 Å². The minimum absolute atomic E-state index is 0.0459. The predicted molar refractivity (Wildman–Crippen MR) is 88.6 cm³/mol. The molecule has 0 saturated heterocycles. The van der Waals surface area contributed by atoms with Gasteiger partial charge in [0.2, 0.25) is 5.95 Å². The molecule has 2 rings (SSSR count). The number of amides is 2. The van der Waals surface area contributed by atoms with Gasteiger partial charge in [0.05, 0.1) is 18.2 Å². The Kier molecular flexibility index (Phi) is 5.56. The Bertz CT molecular complexity index is 690. The van der Waals surface area contributed by atoms with Crippen LogP contribution in [0, 0.1) is 0 Å². The third-order valence-electron chi connectivity index (χ3n) is 3.42. The quantitative estimate of drug-likeness (QED) is 0.857. The molecular formula is C16H22N4O3. The van der Waals surface area contributed by atoms with Crippen molar-refractivity contribution in [1.29, 1.82) is 0 Å². The molecule has 2 amide bonds. The molecule has 0 spiro atoms. The summed E-state index contributed by atoms with van der Waals surface area (Å²) in [7, 11) is 1.28. The van der Waals surface area contributed by atoms with Gasteiger partial charge in [0, 0.05) is 13.1 Å². The monoisotopic (exact) mass is 318 g/mol. The number of methoxy groups -OCH3 is 1. The first-order chi connectivity index (χ1) is 11.1. The summed E-state index contributed by atoms with van der Waals surface area (Å²) in [6.07, 6.45) is 1.19. The van der Waals surface area contributed by atoms with Crippen LogP contribution in [0.2, 0.25) is 0 Å². The Labute approximate surface area is 135 Å². The lowest BCUT2D eigenvalue weighted by molar-refractivity contribution is 0.0757. The first kappa shape index (κ1) is 16.8. The molecule has 23 heavy (non-hydrogen) atoms. The van der Waals surface area contributed by atoms with E-state index in [1.165, 1.54) is 7.11 Å². The largest absolute Gasteiger partial charge is 0.453 e. The van der Waals surface area contributed by atoms with Gasteiger partial charge in [-0.15, -0.1) is 0 Å². The second-order valence-corrected chi connectivity index (χ2v) is 5.20. The number of nitrogens with one attached hydrogen (secondary N) is 2. The summed E-state index contributed by atoms with van der Waals surface area (Å²) in [5.41, 5.74) is 1.76. The van der Waals surface area contributed by atoms with Crippen molar-refractivity contribution >= 4 is 29.0 Å². The van der Waals surface area contributed by atoms with Crippen LogP contribution in [-0.4, -0.2) is 47.1 Å². The van der Waals surface area contributed by atoms with Gasteiger partial charge in [0.25, 0.3) is 5.91 Å². The maximum Gasteiger partial charge on any atom is 0.413 e. The number of hydrogen-bond donors (Lipinski definition) is 2. The zero-order valence-corrected chi connectivity index (χ0v) is 13.7. The van der Waals surface area contributed by atoms with E-state index in [2.05, 4.69) is 20.0 Å². The van der Waals surface area contributed by atoms with E-state index in [0.717, 1.165) is 12.8 Å². The zero-order valence-electron chi connectivity index (χ0n) is 13.7. The molecular weight excluding hydrogens is 296 g/mol. The fraction of sp³-hybridized carbons (Fsp3) is 0.438. The molecule has 0 aliphatic rings. The summed E-state index contributed by atoms with van der Waals surface area (Å²) in [5.74, 6) is 0.208. The fourth-order valence-electron chi connectivity index (χ4n) is 2.44. The SMILES string of the molecule is CCCN(CCC)C(=O)c1cccc2[nH]c(NC(=O)OC)nc12. The minimum Gasteiger partial charge on any atom is -0.453 e. The highest BCUT2D eigenvalue weighted by Crippen LogP contribution is 2.20. The highest BCUT2D eigenvalue weighted by Gasteiger charge is 2.19. The van der Waals surface area contributed by atoms with Gasteiger partial charge < -0.3 is 14.6 Å². The Morgan fingerprint density at radius 3 is 2.57 bits per heavy atom. The van der Waals surface area contributed by atoms with Crippen LogP contribution in [0.5, 0.6) is 0 Å². The maximum atomic E-state index is 12.8. The number of carbonyl (C=O) groups excluding carboxylic acids is 2. The van der Waals surface area contributed by atoms with Crippen LogP contribution < -0.4 is 5.32 Å². The van der Waals surface area contributed by atoms with Crippen LogP contribution in [0.15, 0.2) is 18.2 Å². The van der Waals surface area contributed by atoms with Crippen molar-refractivity contribution in [2.24, 2.45) is 0 Å². The van der Waals surface area contributed by atoms with Crippen molar-refractivity contribution in [2.75, 3.05) is 25.5 Å². The number of H-pyrrole nitrogens is 1. The van der Waals surface area contributed by atoms with Crippen molar-refractivity contribution in [1.82, 2.24) is 14.9 Å². The van der Waals surface area contributed by atoms with Gasteiger partial charge in [-0.3, -0.25) is 10.1 Å². The smallest absolute Gasteiger partial charge is 0.413 e. The summed E-state index contributed by atoms with van der Waals surface area (Å²) in [6.45, 7) is 5.51. The molecule has 0 radical (unpaired) electrons. The van der Waals surface area contributed by atoms with Crippen molar-refractivity contribution < 1.29 is 14.3 Å². The Hall–Kier alpha value is -2.57. The van der Waals surface area contributed by atoms with E-state index in [0.29, 0.717) is 29.7 Å². The van der Waals surface area contributed by atoms with Gasteiger partial charge in [-0.2, -0.15) is 0 Å². The lowest BCUT2D eigenvalue weighted by Gasteiger charge is -2.21. The summed E-state index contributed by atoms with van der Waals surface area (Å²) < 4.78 is 4.54. The fourth-order valence-corrected chi connectivity index (χ4v) is 2.44. The molecule has 1 aromatic heterocycles. The molecule has 124 valence electrons. The van der Waals surface area contributed by atoms with E-state index < -0.39 is 6.09 Å². The summed E-state index contributed by atoms with van der Waals surface area (Å²) in [6, 6.07) is 5.36. The van der Waals surface area contributed by atoms with Gasteiger partial charge in [-0.1, -0.05) is 19.9 Å². The molecule has 1 aromatic carbocycles. The number of anilines is 1. The van der Waals surface area contributed by atoms with Crippen LogP contribution in [0.3, 0.4) is 0 Å². The lowest BCUT2D eigenvalue weighted by atomic mass is 10.1. The molecule has 0 aliphatic heterocycles. The third-order valence-corrected chi connectivity index (χ3v) is 3.42. The van der Waals surface area contributed by atoms with Gasteiger partial charge in [-0.05, 0) is 25.0 Å². The average molecular weight is 318 g/mol. The van der Waals surface area contributed by atoms with Crippen LogP contribution in [0.25, 0.3) is 11.0 Å². The number of fused-ring (bicyclic) bond motifs is 1. The van der Waals surface area contributed by atoms with Crippen molar-refractivity contribution in [2.45, 2.75) is 26.7 Å². The highest BCUT2D eigenvalue weighted by molar-refractivity contribution is 6.05. The van der Waals surface area contributed by atoms with Crippen molar-refractivity contribution in [3.63, 3.8) is 0 Å².